The van der Waals surface area contributed by atoms with Gasteiger partial charge in [0.15, 0.2) is 0 Å². The maximum absolute atomic E-state index is 9.39. The van der Waals surface area contributed by atoms with E-state index in [0.717, 1.165) is 12.8 Å². The summed E-state index contributed by atoms with van der Waals surface area (Å²) in [7, 11) is 0. The second kappa shape index (κ2) is 10.3. The fourth-order valence-electron chi connectivity index (χ4n) is 4.13. The molecule has 124 valence electrons. The van der Waals surface area contributed by atoms with E-state index in [1.807, 2.05) is 0 Å². The van der Waals surface area contributed by atoms with Gasteiger partial charge in [-0.15, -0.1) is 0 Å². The normalized spacial score (nSPS) is 19.6. The Morgan fingerprint density at radius 2 is 1.48 bits per heavy atom. The second-order valence-corrected chi connectivity index (χ2v) is 20.0. The Labute approximate surface area is 136 Å². The van der Waals surface area contributed by atoms with Crippen molar-refractivity contribution >= 4 is 18.4 Å². The van der Waals surface area contributed by atoms with Crippen LogP contribution in [0.4, 0.5) is 0 Å². The molecule has 0 saturated carbocycles. The first-order valence-corrected chi connectivity index (χ1v) is 16.6. The van der Waals surface area contributed by atoms with Crippen molar-refractivity contribution in [3.63, 3.8) is 0 Å². The van der Waals surface area contributed by atoms with Gasteiger partial charge >= 0.3 is 136 Å². The molecule has 0 aromatic heterocycles. The van der Waals surface area contributed by atoms with Crippen LogP contribution in [0.2, 0.25) is 13.3 Å². The summed E-state index contributed by atoms with van der Waals surface area (Å²) in [5, 5.41) is 9.39. The zero-order valence-electron chi connectivity index (χ0n) is 14.7. The van der Waals surface area contributed by atoms with E-state index in [4.69, 9.17) is 4.89 Å². The quantitative estimate of drug-likeness (QED) is 0.248. The SMILES string of the molecule is CCC[CH2][Sn]([CH2]CCC)([CH2]CCC)[C]1=C(C)CCC1OO. The molecule has 1 unspecified atom stereocenters. The predicted octanol–water partition coefficient (Wildman–Crippen LogP) is 6.34. The molecule has 0 radical (unpaired) electrons. The van der Waals surface area contributed by atoms with Crippen LogP contribution in [-0.4, -0.2) is 29.7 Å². The van der Waals surface area contributed by atoms with Gasteiger partial charge in [0, 0.05) is 0 Å². The van der Waals surface area contributed by atoms with E-state index >= 15 is 0 Å². The topological polar surface area (TPSA) is 29.5 Å². The number of rotatable bonds is 11. The van der Waals surface area contributed by atoms with Crippen LogP contribution in [0.25, 0.3) is 0 Å². The van der Waals surface area contributed by atoms with Gasteiger partial charge in [-0.2, -0.15) is 0 Å². The molecular weight excluding hydrogens is 367 g/mol. The van der Waals surface area contributed by atoms with Gasteiger partial charge in [0.25, 0.3) is 0 Å². The molecule has 2 nitrogen and oxygen atoms in total. The van der Waals surface area contributed by atoms with Gasteiger partial charge in [0.05, 0.1) is 0 Å². The Bertz CT molecular complexity index is 303. The predicted molar refractivity (Wildman–Crippen MR) is 94.3 cm³/mol. The molecule has 0 fully saturated rings. The fourth-order valence-corrected chi connectivity index (χ4v) is 22.8. The monoisotopic (exact) mass is 404 g/mol. The molecule has 0 spiro atoms. The molecule has 0 saturated heterocycles. The van der Waals surface area contributed by atoms with E-state index in [1.54, 1.807) is 9.16 Å². The summed E-state index contributed by atoms with van der Waals surface area (Å²) in [4.78, 5) is 4.93. The summed E-state index contributed by atoms with van der Waals surface area (Å²) in [5.41, 5.74) is 1.58. The average Bonchev–Trinajstić information content (AvgIpc) is 2.88. The third kappa shape index (κ3) is 5.24. The van der Waals surface area contributed by atoms with Crippen molar-refractivity contribution in [3.05, 3.63) is 9.16 Å². The zero-order chi connectivity index (χ0) is 15.7. The van der Waals surface area contributed by atoms with E-state index in [2.05, 4.69) is 27.7 Å². The van der Waals surface area contributed by atoms with Gasteiger partial charge in [-0.3, -0.25) is 0 Å². The van der Waals surface area contributed by atoms with Crippen molar-refractivity contribution in [1.82, 2.24) is 0 Å². The summed E-state index contributed by atoms with van der Waals surface area (Å²) in [5.74, 6) is 0. The Balaban J connectivity index is 3.08. The number of hydrogen-bond acceptors (Lipinski definition) is 2. The first-order chi connectivity index (χ1) is 10.1. The van der Waals surface area contributed by atoms with Crippen LogP contribution < -0.4 is 0 Å². The molecule has 0 heterocycles. The second-order valence-electron chi connectivity index (χ2n) is 6.92. The summed E-state index contributed by atoms with van der Waals surface area (Å²) < 4.78 is 6.08. The van der Waals surface area contributed by atoms with Crippen LogP contribution >= 0.6 is 0 Å². The van der Waals surface area contributed by atoms with Crippen LogP contribution in [0.1, 0.15) is 79.1 Å². The summed E-state index contributed by atoms with van der Waals surface area (Å²) in [6.45, 7) is 9.24. The van der Waals surface area contributed by atoms with Crippen LogP contribution in [0, 0.1) is 0 Å². The van der Waals surface area contributed by atoms with Crippen LogP contribution in [-0.2, 0) is 4.89 Å². The Morgan fingerprint density at radius 1 is 1.00 bits per heavy atom. The molecule has 0 aromatic rings. The molecule has 0 aromatic carbocycles. The van der Waals surface area contributed by atoms with Crippen molar-refractivity contribution < 1.29 is 10.1 Å². The van der Waals surface area contributed by atoms with E-state index in [-0.39, 0.29) is 6.10 Å². The van der Waals surface area contributed by atoms with Crippen LogP contribution in [0.15, 0.2) is 9.16 Å². The minimum atomic E-state index is -2.37. The van der Waals surface area contributed by atoms with Crippen LogP contribution in [0.5, 0.6) is 0 Å². The van der Waals surface area contributed by atoms with Gasteiger partial charge in [0.1, 0.15) is 0 Å². The molecule has 1 atom stereocenters. The molecule has 0 aliphatic heterocycles. The maximum atomic E-state index is 9.39. The van der Waals surface area contributed by atoms with E-state index in [1.165, 1.54) is 51.8 Å². The van der Waals surface area contributed by atoms with Gasteiger partial charge in [-0.1, -0.05) is 0 Å². The molecule has 0 amide bonds. The van der Waals surface area contributed by atoms with E-state index in [9.17, 15) is 5.26 Å². The number of hydrogen-bond donors (Lipinski definition) is 1. The molecule has 1 aliphatic carbocycles. The average molecular weight is 403 g/mol. The van der Waals surface area contributed by atoms with Gasteiger partial charge < -0.3 is 0 Å². The van der Waals surface area contributed by atoms with E-state index < -0.39 is 18.4 Å². The van der Waals surface area contributed by atoms with Crippen molar-refractivity contribution in [1.29, 1.82) is 0 Å². The summed E-state index contributed by atoms with van der Waals surface area (Å²) in [6, 6.07) is 0. The molecule has 0 bridgehead atoms. The molecular formula is C18H36O2Sn. The third-order valence-electron chi connectivity index (χ3n) is 5.29. The molecule has 3 heteroatoms. The fraction of sp³-hybridized carbons (Fsp3) is 0.889. The standard InChI is InChI=1S/C6H9O2.3C4H9.Sn/c1-5-2-3-6(4-5)8-7;3*1-3-4-2;/h6-7H,2-3H2,1H3;3*1,3-4H2,2H3;. The zero-order valence-corrected chi connectivity index (χ0v) is 17.6. The Hall–Kier alpha value is 0.459. The van der Waals surface area contributed by atoms with Gasteiger partial charge in [0.2, 0.25) is 0 Å². The van der Waals surface area contributed by atoms with Gasteiger partial charge in [-0.05, 0) is 0 Å². The van der Waals surface area contributed by atoms with E-state index in [0.29, 0.717) is 0 Å². The molecule has 1 rings (SSSR count). The minimum absolute atomic E-state index is 0.0476. The Morgan fingerprint density at radius 3 is 1.86 bits per heavy atom. The number of unbranched alkanes of at least 4 members (excludes halogenated alkanes) is 3. The first-order valence-electron chi connectivity index (χ1n) is 9.15. The number of allylic oxidation sites excluding steroid dienone is 1. The van der Waals surface area contributed by atoms with Crippen LogP contribution in [0.3, 0.4) is 0 Å². The third-order valence-corrected chi connectivity index (χ3v) is 21.9. The molecule has 21 heavy (non-hydrogen) atoms. The molecule has 1 aliphatic rings. The summed E-state index contributed by atoms with van der Waals surface area (Å²) in [6.07, 6.45) is 10.2. The summed E-state index contributed by atoms with van der Waals surface area (Å²) >= 11 is -2.37. The van der Waals surface area contributed by atoms with Gasteiger partial charge in [-0.25, -0.2) is 0 Å². The Kier molecular flexibility index (Phi) is 9.54. The molecule has 1 N–H and O–H groups in total. The van der Waals surface area contributed by atoms with Crippen molar-refractivity contribution in [2.45, 2.75) is 98.5 Å². The van der Waals surface area contributed by atoms with Crippen molar-refractivity contribution in [2.24, 2.45) is 0 Å². The van der Waals surface area contributed by atoms with Crippen molar-refractivity contribution in [3.8, 4) is 0 Å². The van der Waals surface area contributed by atoms with Crippen molar-refractivity contribution in [2.75, 3.05) is 0 Å². The first kappa shape index (κ1) is 19.5.